The highest BCUT2D eigenvalue weighted by atomic mass is 16.4. The number of aromatic hydroxyl groups is 1. The zero-order valence-electron chi connectivity index (χ0n) is 12.2. The first-order chi connectivity index (χ1) is 10.7. The molecule has 0 saturated carbocycles. The minimum absolute atomic E-state index is 0.0140. The van der Waals surface area contributed by atoms with E-state index in [0.29, 0.717) is 17.5 Å². The SMILES string of the molecule is CC(NCc1ccccc1)c1c(O)c2ccccc2oc1=O. The Labute approximate surface area is 128 Å². The van der Waals surface area contributed by atoms with Gasteiger partial charge < -0.3 is 14.8 Å². The molecule has 0 aliphatic heterocycles. The minimum atomic E-state index is -0.510. The van der Waals surface area contributed by atoms with Crippen LogP contribution < -0.4 is 10.9 Å². The third-order valence-corrected chi connectivity index (χ3v) is 3.71. The van der Waals surface area contributed by atoms with Crippen molar-refractivity contribution in [3.05, 3.63) is 76.1 Å². The molecule has 1 heterocycles. The average molecular weight is 295 g/mol. The first kappa shape index (κ1) is 14.4. The number of para-hydroxylation sites is 1. The van der Waals surface area contributed by atoms with Crippen molar-refractivity contribution in [1.29, 1.82) is 0 Å². The average Bonchev–Trinajstić information content (AvgIpc) is 2.54. The van der Waals surface area contributed by atoms with Crippen molar-refractivity contribution in [2.45, 2.75) is 19.5 Å². The van der Waals surface area contributed by atoms with Crippen LogP contribution in [0.2, 0.25) is 0 Å². The third kappa shape index (κ3) is 2.73. The predicted molar refractivity (Wildman–Crippen MR) is 85.8 cm³/mol. The molecule has 0 amide bonds. The van der Waals surface area contributed by atoms with Gasteiger partial charge in [-0.25, -0.2) is 4.79 Å². The first-order valence-electron chi connectivity index (χ1n) is 7.19. The molecular formula is C18H17NO3. The van der Waals surface area contributed by atoms with E-state index in [1.54, 1.807) is 24.3 Å². The van der Waals surface area contributed by atoms with Gasteiger partial charge in [0.15, 0.2) is 0 Å². The fourth-order valence-corrected chi connectivity index (χ4v) is 2.50. The van der Waals surface area contributed by atoms with Crippen LogP contribution in [-0.4, -0.2) is 5.11 Å². The maximum Gasteiger partial charge on any atom is 0.344 e. The van der Waals surface area contributed by atoms with Crippen LogP contribution >= 0.6 is 0 Å². The molecule has 0 saturated heterocycles. The van der Waals surface area contributed by atoms with Crippen molar-refractivity contribution >= 4 is 11.0 Å². The van der Waals surface area contributed by atoms with Gasteiger partial charge in [0.1, 0.15) is 11.3 Å². The van der Waals surface area contributed by atoms with Gasteiger partial charge >= 0.3 is 5.63 Å². The summed E-state index contributed by atoms with van der Waals surface area (Å²) in [5.74, 6) is -0.0140. The molecule has 1 atom stereocenters. The van der Waals surface area contributed by atoms with E-state index >= 15 is 0 Å². The summed E-state index contributed by atoms with van der Waals surface area (Å²) >= 11 is 0. The molecule has 0 aliphatic rings. The minimum Gasteiger partial charge on any atom is -0.507 e. The topological polar surface area (TPSA) is 62.5 Å². The molecule has 1 unspecified atom stereocenters. The Morgan fingerprint density at radius 3 is 2.55 bits per heavy atom. The van der Waals surface area contributed by atoms with Crippen LogP contribution in [0.25, 0.3) is 11.0 Å². The lowest BCUT2D eigenvalue weighted by atomic mass is 10.1. The van der Waals surface area contributed by atoms with Gasteiger partial charge in [-0.05, 0) is 24.6 Å². The van der Waals surface area contributed by atoms with Crippen LogP contribution in [0, 0.1) is 0 Å². The van der Waals surface area contributed by atoms with Gasteiger partial charge in [0, 0.05) is 12.6 Å². The number of rotatable bonds is 4. The summed E-state index contributed by atoms with van der Waals surface area (Å²) in [7, 11) is 0. The lowest BCUT2D eigenvalue weighted by molar-refractivity contribution is 0.434. The Morgan fingerprint density at radius 1 is 1.09 bits per heavy atom. The van der Waals surface area contributed by atoms with E-state index in [9.17, 15) is 9.90 Å². The number of hydrogen-bond acceptors (Lipinski definition) is 4. The molecule has 0 aliphatic carbocycles. The van der Waals surface area contributed by atoms with Crippen LogP contribution in [0.5, 0.6) is 5.75 Å². The quantitative estimate of drug-likeness (QED) is 0.725. The highest BCUT2D eigenvalue weighted by molar-refractivity contribution is 5.84. The van der Waals surface area contributed by atoms with Crippen LogP contribution in [0.15, 0.2) is 63.8 Å². The molecule has 22 heavy (non-hydrogen) atoms. The number of hydrogen-bond donors (Lipinski definition) is 2. The van der Waals surface area contributed by atoms with Crippen molar-refractivity contribution in [3.63, 3.8) is 0 Å². The summed E-state index contributed by atoms with van der Waals surface area (Å²) in [6, 6.07) is 16.5. The second-order valence-corrected chi connectivity index (χ2v) is 5.24. The lowest BCUT2D eigenvalue weighted by Gasteiger charge is -2.15. The van der Waals surface area contributed by atoms with E-state index in [0.717, 1.165) is 5.56 Å². The monoisotopic (exact) mass is 295 g/mol. The molecule has 2 aromatic carbocycles. The number of fused-ring (bicyclic) bond motifs is 1. The fourth-order valence-electron chi connectivity index (χ4n) is 2.50. The molecule has 4 heteroatoms. The van der Waals surface area contributed by atoms with E-state index in [1.165, 1.54) is 0 Å². The Hall–Kier alpha value is -2.59. The zero-order valence-corrected chi connectivity index (χ0v) is 12.2. The Kier molecular flexibility index (Phi) is 3.94. The molecule has 2 N–H and O–H groups in total. The summed E-state index contributed by atoms with van der Waals surface area (Å²) < 4.78 is 5.29. The summed E-state index contributed by atoms with van der Waals surface area (Å²) in [6.07, 6.45) is 0. The summed E-state index contributed by atoms with van der Waals surface area (Å²) in [6.45, 7) is 2.44. The van der Waals surface area contributed by atoms with Gasteiger partial charge in [-0.3, -0.25) is 0 Å². The van der Waals surface area contributed by atoms with Crippen molar-refractivity contribution in [2.24, 2.45) is 0 Å². The summed E-state index contributed by atoms with van der Waals surface area (Å²) in [5.41, 5.74) is 1.25. The highest BCUT2D eigenvalue weighted by Gasteiger charge is 2.19. The van der Waals surface area contributed by atoms with E-state index in [-0.39, 0.29) is 17.4 Å². The predicted octanol–water partition coefficient (Wildman–Crippen LogP) is 3.35. The molecule has 0 spiro atoms. The van der Waals surface area contributed by atoms with Crippen LogP contribution in [-0.2, 0) is 6.54 Å². The lowest BCUT2D eigenvalue weighted by Crippen LogP contribution is -2.23. The first-order valence-corrected chi connectivity index (χ1v) is 7.19. The molecule has 0 bridgehead atoms. The summed E-state index contributed by atoms with van der Waals surface area (Å²) in [4.78, 5) is 12.1. The Bertz CT molecular complexity index is 840. The molecule has 4 nitrogen and oxygen atoms in total. The van der Waals surface area contributed by atoms with Gasteiger partial charge in [0.2, 0.25) is 0 Å². The van der Waals surface area contributed by atoms with Gasteiger partial charge in [0.05, 0.1) is 10.9 Å². The maximum absolute atomic E-state index is 12.1. The second-order valence-electron chi connectivity index (χ2n) is 5.24. The Morgan fingerprint density at radius 2 is 1.77 bits per heavy atom. The molecular weight excluding hydrogens is 278 g/mol. The Balaban J connectivity index is 1.90. The van der Waals surface area contributed by atoms with Crippen molar-refractivity contribution in [1.82, 2.24) is 5.32 Å². The van der Waals surface area contributed by atoms with Crippen molar-refractivity contribution < 1.29 is 9.52 Å². The van der Waals surface area contributed by atoms with E-state index in [2.05, 4.69) is 5.32 Å². The molecule has 0 radical (unpaired) electrons. The van der Waals surface area contributed by atoms with E-state index < -0.39 is 5.63 Å². The number of nitrogens with one attached hydrogen (secondary N) is 1. The second kappa shape index (κ2) is 6.03. The normalized spacial score (nSPS) is 12.4. The van der Waals surface area contributed by atoms with Gasteiger partial charge in [0.25, 0.3) is 0 Å². The maximum atomic E-state index is 12.1. The van der Waals surface area contributed by atoms with Gasteiger partial charge in [-0.1, -0.05) is 42.5 Å². The van der Waals surface area contributed by atoms with Crippen LogP contribution in [0.3, 0.4) is 0 Å². The van der Waals surface area contributed by atoms with E-state index in [1.807, 2.05) is 37.3 Å². The zero-order chi connectivity index (χ0) is 15.5. The standard InChI is InChI=1S/C18H17NO3/c1-12(19-11-13-7-3-2-4-8-13)16-17(20)14-9-5-6-10-15(14)22-18(16)21/h2-10,12,19-20H,11H2,1H3. The highest BCUT2D eigenvalue weighted by Crippen LogP contribution is 2.29. The van der Waals surface area contributed by atoms with Crippen molar-refractivity contribution in [3.8, 4) is 5.75 Å². The molecule has 0 fully saturated rings. The van der Waals surface area contributed by atoms with Gasteiger partial charge in [-0.2, -0.15) is 0 Å². The fraction of sp³-hybridized carbons (Fsp3) is 0.167. The third-order valence-electron chi connectivity index (χ3n) is 3.71. The van der Waals surface area contributed by atoms with Gasteiger partial charge in [-0.15, -0.1) is 0 Å². The molecule has 3 aromatic rings. The largest absolute Gasteiger partial charge is 0.507 e. The summed E-state index contributed by atoms with van der Waals surface area (Å²) in [5, 5.41) is 14.2. The molecule has 112 valence electrons. The van der Waals surface area contributed by atoms with Crippen LogP contribution in [0.4, 0.5) is 0 Å². The molecule has 1 aromatic heterocycles. The smallest absolute Gasteiger partial charge is 0.344 e. The number of benzene rings is 2. The van der Waals surface area contributed by atoms with Crippen LogP contribution in [0.1, 0.15) is 24.1 Å². The van der Waals surface area contributed by atoms with E-state index in [4.69, 9.17) is 4.42 Å². The van der Waals surface area contributed by atoms with Crippen molar-refractivity contribution in [2.75, 3.05) is 0 Å². The molecule has 3 rings (SSSR count).